The third-order valence-corrected chi connectivity index (χ3v) is 3.56. The molecule has 4 nitrogen and oxygen atoms in total. The van der Waals surface area contributed by atoms with E-state index in [4.69, 9.17) is 10.5 Å². The van der Waals surface area contributed by atoms with Crippen LogP contribution in [0.15, 0.2) is 54.6 Å². The van der Waals surface area contributed by atoms with Crippen molar-refractivity contribution in [3.05, 3.63) is 66.0 Å². The molecule has 0 aliphatic heterocycles. The first-order valence-corrected chi connectivity index (χ1v) is 7.49. The number of amides is 1. The first-order chi connectivity index (χ1) is 11.1. The second kappa shape index (κ2) is 9.90. The lowest BCUT2D eigenvalue weighted by atomic mass is 10.0. The van der Waals surface area contributed by atoms with Gasteiger partial charge in [0, 0.05) is 19.5 Å². The summed E-state index contributed by atoms with van der Waals surface area (Å²) in [6, 6.07) is 15.0. The van der Waals surface area contributed by atoms with Crippen LogP contribution >= 0.6 is 12.4 Å². The smallest absolute Gasteiger partial charge is 0.224 e. The van der Waals surface area contributed by atoms with Crippen LogP contribution < -0.4 is 10.5 Å². The van der Waals surface area contributed by atoms with Gasteiger partial charge in [-0.2, -0.15) is 0 Å². The molecule has 1 atom stereocenters. The molecule has 0 aliphatic carbocycles. The molecule has 0 spiro atoms. The Bertz CT molecular complexity index is 623. The van der Waals surface area contributed by atoms with E-state index in [-0.39, 0.29) is 36.6 Å². The van der Waals surface area contributed by atoms with Crippen LogP contribution in [0, 0.1) is 5.82 Å². The van der Waals surface area contributed by atoms with Crippen molar-refractivity contribution in [2.75, 3.05) is 20.2 Å². The molecule has 0 fully saturated rings. The zero-order chi connectivity index (χ0) is 16.7. The first-order valence-electron chi connectivity index (χ1n) is 7.49. The van der Waals surface area contributed by atoms with E-state index in [0.717, 1.165) is 5.56 Å². The van der Waals surface area contributed by atoms with Crippen molar-refractivity contribution < 1.29 is 13.9 Å². The number of halogens is 2. The molecule has 0 bridgehead atoms. The first kappa shape index (κ1) is 19.9. The van der Waals surface area contributed by atoms with Crippen LogP contribution in [0.5, 0.6) is 5.75 Å². The van der Waals surface area contributed by atoms with Crippen LogP contribution in [0.3, 0.4) is 0 Å². The lowest BCUT2D eigenvalue weighted by Gasteiger charge is -2.20. The monoisotopic (exact) mass is 352 g/mol. The average molecular weight is 353 g/mol. The summed E-state index contributed by atoms with van der Waals surface area (Å²) in [4.78, 5) is 13.7. The standard InChI is InChI=1S/C18H21FN2O2.ClH/c1-21(11-12-23-16-9-7-15(19)8-10-16)18(22)13-17(20)14-5-3-2-4-6-14;/h2-10,17H,11-13,20H2,1H3;1H. The molecule has 1 unspecified atom stereocenters. The molecule has 1 amide bonds. The molecule has 2 aromatic carbocycles. The highest BCUT2D eigenvalue weighted by Crippen LogP contribution is 2.14. The maximum Gasteiger partial charge on any atom is 0.224 e. The molecule has 0 aliphatic rings. The van der Waals surface area contributed by atoms with Crippen molar-refractivity contribution in [3.8, 4) is 5.75 Å². The predicted molar refractivity (Wildman–Crippen MR) is 94.8 cm³/mol. The fourth-order valence-corrected chi connectivity index (χ4v) is 2.12. The van der Waals surface area contributed by atoms with Crippen LogP contribution in [-0.2, 0) is 4.79 Å². The number of nitrogens with zero attached hydrogens (tertiary/aromatic N) is 1. The summed E-state index contributed by atoms with van der Waals surface area (Å²) in [5.74, 6) is 0.233. The van der Waals surface area contributed by atoms with E-state index in [9.17, 15) is 9.18 Å². The summed E-state index contributed by atoms with van der Waals surface area (Å²) in [6.07, 6.45) is 0.247. The average Bonchev–Trinajstić information content (AvgIpc) is 2.57. The Morgan fingerprint density at radius 3 is 2.42 bits per heavy atom. The fourth-order valence-electron chi connectivity index (χ4n) is 2.12. The van der Waals surface area contributed by atoms with Crippen molar-refractivity contribution in [1.82, 2.24) is 4.90 Å². The SMILES string of the molecule is CN(CCOc1ccc(F)cc1)C(=O)CC(N)c1ccccc1.Cl. The zero-order valence-electron chi connectivity index (χ0n) is 13.5. The number of rotatable bonds is 7. The van der Waals surface area contributed by atoms with Crippen LogP contribution in [0.2, 0.25) is 0 Å². The molecule has 6 heteroatoms. The minimum Gasteiger partial charge on any atom is -0.492 e. The number of benzene rings is 2. The molecule has 130 valence electrons. The zero-order valence-corrected chi connectivity index (χ0v) is 14.3. The Kier molecular flexibility index (Phi) is 8.22. The van der Waals surface area contributed by atoms with E-state index in [1.54, 1.807) is 24.1 Å². The van der Waals surface area contributed by atoms with E-state index in [0.29, 0.717) is 18.9 Å². The van der Waals surface area contributed by atoms with Gasteiger partial charge in [0.15, 0.2) is 0 Å². The molecule has 0 heterocycles. The Hall–Kier alpha value is -2.11. The van der Waals surface area contributed by atoms with Crippen LogP contribution in [0.1, 0.15) is 18.0 Å². The minimum atomic E-state index is -0.316. The van der Waals surface area contributed by atoms with E-state index >= 15 is 0 Å². The van der Waals surface area contributed by atoms with Gasteiger partial charge >= 0.3 is 0 Å². The number of hydrogen-bond donors (Lipinski definition) is 1. The van der Waals surface area contributed by atoms with Crippen LogP contribution in [0.25, 0.3) is 0 Å². The molecule has 24 heavy (non-hydrogen) atoms. The van der Waals surface area contributed by atoms with Crippen molar-refractivity contribution in [2.24, 2.45) is 5.73 Å². The van der Waals surface area contributed by atoms with Gasteiger partial charge in [0.25, 0.3) is 0 Å². The highest BCUT2D eigenvalue weighted by Gasteiger charge is 2.15. The molecular weight excluding hydrogens is 331 g/mol. The number of ether oxygens (including phenoxy) is 1. The van der Waals surface area contributed by atoms with E-state index in [1.165, 1.54) is 12.1 Å². The largest absolute Gasteiger partial charge is 0.492 e. The third-order valence-electron chi connectivity index (χ3n) is 3.56. The van der Waals surface area contributed by atoms with Gasteiger partial charge in [-0.3, -0.25) is 4.79 Å². The van der Waals surface area contributed by atoms with E-state index < -0.39 is 0 Å². The molecule has 2 rings (SSSR count). The van der Waals surface area contributed by atoms with Gasteiger partial charge in [0.2, 0.25) is 5.91 Å². The Morgan fingerprint density at radius 2 is 1.79 bits per heavy atom. The molecule has 0 aromatic heterocycles. The Balaban J connectivity index is 0.00000288. The third kappa shape index (κ3) is 6.18. The predicted octanol–water partition coefficient (Wildman–Crippen LogP) is 3.17. The second-order valence-corrected chi connectivity index (χ2v) is 5.34. The maximum absolute atomic E-state index is 12.8. The van der Waals surface area contributed by atoms with Crippen LogP contribution in [-0.4, -0.2) is 31.0 Å². The number of nitrogens with two attached hydrogens (primary N) is 1. The van der Waals surface area contributed by atoms with E-state index in [1.807, 2.05) is 30.3 Å². The van der Waals surface area contributed by atoms with Gasteiger partial charge in [-0.15, -0.1) is 12.4 Å². The Labute approximate surface area is 147 Å². The molecule has 2 aromatic rings. The van der Waals surface area contributed by atoms with Gasteiger partial charge in [0.1, 0.15) is 18.2 Å². The molecule has 0 radical (unpaired) electrons. The minimum absolute atomic E-state index is 0. The highest BCUT2D eigenvalue weighted by atomic mass is 35.5. The summed E-state index contributed by atoms with van der Waals surface area (Å²) in [5, 5.41) is 0. The highest BCUT2D eigenvalue weighted by molar-refractivity contribution is 5.85. The quantitative estimate of drug-likeness (QED) is 0.832. The van der Waals surface area contributed by atoms with Gasteiger partial charge in [-0.05, 0) is 29.8 Å². The summed E-state index contributed by atoms with van der Waals surface area (Å²) in [5.41, 5.74) is 6.99. The van der Waals surface area contributed by atoms with Gasteiger partial charge in [-0.25, -0.2) is 4.39 Å². The van der Waals surface area contributed by atoms with E-state index in [2.05, 4.69) is 0 Å². The van der Waals surface area contributed by atoms with Crippen molar-refractivity contribution >= 4 is 18.3 Å². The van der Waals surface area contributed by atoms with Crippen LogP contribution in [0.4, 0.5) is 4.39 Å². The lowest BCUT2D eigenvalue weighted by molar-refractivity contribution is -0.130. The topological polar surface area (TPSA) is 55.6 Å². The second-order valence-electron chi connectivity index (χ2n) is 5.34. The number of likely N-dealkylation sites (N-methyl/N-ethyl adjacent to an activating group) is 1. The maximum atomic E-state index is 12.8. The normalized spacial score (nSPS) is 11.3. The summed E-state index contributed by atoms with van der Waals surface area (Å²) in [6.45, 7) is 0.784. The van der Waals surface area contributed by atoms with Gasteiger partial charge in [-0.1, -0.05) is 30.3 Å². The number of carbonyl (C=O) groups excluding carboxylic acids is 1. The van der Waals surface area contributed by atoms with Gasteiger partial charge < -0.3 is 15.4 Å². The molecule has 0 saturated heterocycles. The van der Waals surface area contributed by atoms with Gasteiger partial charge in [0.05, 0.1) is 6.54 Å². The lowest BCUT2D eigenvalue weighted by Crippen LogP contribution is -2.33. The Morgan fingerprint density at radius 1 is 1.17 bits per heavy atom. The molecule has 0 saturated carbocycles. The van der Waals surface area contributed by atoms with Crippen molar-refractivity contribution in [3.63, 3.8) is 0 Å². The summed E-state index contributed by atoms with van der Waals surface area (Å²) in [7, 11) is 1.72. The number of hydrogen-bond acceptors (Lipinski definition) is 3. The van der Waals surface area contributed by atoms with Crippen molar-refractivity contribution in [1.29, 1.82) is 0 Å². The van der Waals surface area contributed by atoms with Crippen molar-refractivity contribution in [2.45, 2.75) is 12.5 Å². The molecular formula is C18H22ClFN2O2. The number of carbonyl (C=O) groups is 1. The summed E-state index contributed by atoms with van der Waals surface area (Å²) < 4.78 is 18.3. The molecule has 2 N–H and O–H groups in total. The summed E-state index contributed by atoms with van der Waals surface area (Å²) >= 11 is 0. The fraction of sp³-hybridized carbons (Fsp3) is 0.278.